The van der Waals surface area contributed by atoms with Crippen LogP contribution in [0.1, 0.15) is 43.0 Å². The van der Waals surface area contributed by atoms with E-state index in [1.165, 1.54) is 11.1 Å². The molecule has 168 valence electrons. The Kier molecular flexibility index (Phi) is 9.93. The third-order valence-electron chi connectivity index (χ3n) is 4.49. The third-order valence-corrected chi connectivity index (χ3v) is 4.80. The van der Waals surface area contributed by atoms with Gasteiger partial charge in [-0.2, -0.15) is 0 Å². The van der Waals surface area contributed by atoms with E-state index in [1.807, 2.05) is 66.9 Å². The molecule has 31 heavy (non-hydrogen) atoms. The molecule has 1 N–H and O–H groups in total. The number of hydrogen-bond donors (Lipinski definition) is 1. The number of ether oxygens (including phenoxy) is 1. The maximum atomic E-state index is 5.96. The number of likely N-dealkylation sites (N-methyl/N-ethyl adjacent to an activating group) is 1. The maximum Gasteiger partial charge on any atom is 0.109 e. The molecule has 0 aliphatic heterocycles. The maximum absolute atomic E-state index is 5.96. The van der Waals surface area contributed by atoms with Crippen LogP contribution in [0.15, 0.2) is 61.9 Å². The monoisotopic (exact) mass is 440 g/mol. The fourth-order valence-electron chi connectivity index (χ4n) is 3.08. The lowest BCUT2D eigenvalue weighted by Crippen LogP contribution is -2.26. The molecule has 0 bridgehead atoms. The van der Waals surface area contributed by atoms with Crippen LogP contribution in [0.5, 0.6) is 0 Å². The molecular weight excluding hydrogens is 404 g/mol. The number of halogens is 1. The van der Waals surface area contributed by atoms with Gasteiger partial charge < -0.3 is 15.0 Å². The summed E-state index contributed by atoms with van der Waals surface area (Å²) in [6.45, 7) is 22.5. The van der Waals surface area contributed by atoms with Gasteiger partial charge in [-0.3, -0.25) is 0 Å². The summed E-state index contributed by atoms with van der Waals surface area (Å²) in [6.07, 6.45) is 1.79. The smallest absolute Gasteiger partial charge is 0.109 e. The molecular formula is C27H37ClN2O. The number of nitrogens with zero attached hydrogens (tertiary/aromatic N) is 1. The molecule has 3 nitrogen and oxygen atoms in total. The normalized spacial score (nSPS) is 10.5. The van der Waals surface area contributed by atoms with Gasteiger partial charge in [0, 0.05) is 30.5 Å². The molecule has 4 heteroatoms. The Morgan fingerprint density at radius 1 is 1.16 bits per heavy atom. The number of aryl methyl sites for hydroxylation is 2. The highest BCUT2D eigenvalue weighted by Gasteiger charge is 2.14. The number of benzene rings is 2. The molecule has 0 amide bonds. The summed E-state index contributed by atoms with van der Waals surface area (Å²) in [7, 11) is 3.90. The molecule has 0 fully saturated rings. The number of anilines is 1. The summed E-state index contributed by atoms with van der Waals surface area (Å²) >= 11 is 5.96. The predicted octanol–water partition coefficient (Wildman–Crippen LogP) is 7.24. The second-order valence-corrected chi connectivity index (χ2v) is 8.98. The molecule has 0 aliphatic carbocycles. The van der Waals surface area contributed by atoms with Crippen molar-refractivity contribution in [3.63, 3.8) is 0 Å². The van der Waals surface area contributed by atoms with Gasteiger partial charge in [0.05, 0.1) is 6.54 Å². The van der Waals surface area contributed by atoms with Crippen molar-refractivity contribution in [2.75, 3.05) is 25.5 Å². The zero-order valence-electron chi connectivity index (χ0n) is 20.1. The summed E-state index contributed by atoms with van der Waals surface area (Å²) < 4.78 is 5.76. The van der Waals surface area contributed by atoms with Crippen LogP contribution >= 0.6 is 11.6 Å². The average Bonchev–Trinajstić information content (AvgIpc) is 2.66. The van der Waals surface area contributed by atoms with Crippen LogP contribution in [0, 0.1) is 13.8 Å². The van der Waals surface area contributed by atoms with E-state index in [1.54, 1.807) is 6.08 Å². The number of hydrogen-bond acceptors (Lipinski definition) is 3. The number of rotatable bonds is 7. The van der Waals surface area contributed by atoms with Gasteiger partial charge in [-0.25, -0.2) is 0 Å². The van der Waals surface area contributed by atoms with E-state index in [2.05, 4.69) is 48.2 Å². The molecule has 0 atom stereocenters. The van der Waals surface area contributed by atoms with E-state index >= 15 is 0 Å². The molecule has 0 saturated carbocycles. The Labute approximate surface area is 194 Å². The highest BCUT2D eigenvalue weighted by molar-refractivity contribution is 6.32. The first-order valence-corrected chi connectivity index (χ1v) is 10.7. The second-order valence-electron chi connectivity index (χ2n) is 8.57. The zero-order valence-corrected chi connectivity index (χ0v) is 20.9. The molecule has 0 heterocycles. The van der Waals surface area contributed by atoms with Crippen molar-refractivity contribution in [3.05, 3.63) is 89.2 Å². The molecule has 0 radical (unpaired) electrons. The molecule has 2 aromatic rings. The Morgan fingerprint density at radius 2 is 1.81 bits per heavy atom. The van der Waals surface area contributed by atoms with Crippen molar-refractivity contribution in [1.82, 2.24) is 5.32 Å². The van der Waals surface area contributed by atoms with Crippen molar-refractivity contribution >= 4 is 29.1 Å². The van der Waals surface area contributed by atoms with Crippen molar-refractivity contribution in [3.8, 4) is 0 Å². The van der Waals surface area contributed by atoms with Crippen LogP contribution in [0.3, 0.4) is 0 Å². The lowest BCUT2D eigenvalue weighted by atomic mass is 10.1. The van der Waals surface area contributed by atoms with Crippen LogP contribution in [0.25, 0.3) is 11.8 Å². The van der Waals surface area contributed by atoms with E-state index in [4.69, 9.17) is 16.3 Å². The van der Waals surface area contributed by atoms with Crippen LogP contribution in [-0.2, 0) is 4.74 Å². The average molecular weight is 441 g/mol. The molecule has 0 spiro atoms. The minimum atomic E-state index is -0.208. The van der Waals surface area contributed by atoms with E-state index in [0.717, 1.165) is 33.3 Å². The summed E-state index contributed by atoms with van der Waals surface area (Å²) in [5, 5.41) is 3.85. The van der Waals surface area contributed by atoms with Gasteiger partial charge in [0.2, 0.25) is 0 Å². The fraction of sp³-hybridized carbons (Fsp3) is 0.333. The quantitative estimate of drug-likeness (QED) is 0.459. The van der Waals surface area contributed by atoms with Gasteiger partial charge in [-0.15, -0.1) is 0 Å². The molecule has 2 aromatic carbocycles. The van der Waals surface area contributed by atoms with E-state index in [0.29, 0.717) is 6.54 Å². The highest BCUT2D eigenvalue weighted by atomic mass is 35.5. The zero-order chi connectivity index (χ0) is 23.8. The molecule has 0 aromatic heterocycles. The van der Waals surface area contributed by atoms with Crippen molar-refractivity contribution in [2.45, 2.75) is 40.2 Å². The fourth-order valence-corrected chi connectivity index (χ4v) is 3.48. The summed E-state index contributed by atoms with van der Waals surface area (Å²) in [5.74, 6) is 0.762. The molecule has 0 saturated heterocycles. The van der Waals surface area contributed by atoms with Crippen molar-refractivity contribution < 1.29 is 4.74 Å². The minimum Gasteiger partial charge on any atom is -0.491 e. The lowest BCUT2D eigenvalue weighted by Gasteiger charge is -2.27. The first-order chi connectivity index (χ1) is 14.4. The predicted molar refractivity (Wildman–Crippen MR) is 139 cm³/mol. The topological polar surface area (TPSA) is 24.5 Å². The Morgan fingerprint density at radius 3 is 2.32 bits per heavy atom. The van der Waals surface area contributed by atoms with Crippen LogP contribution in [0.4, 0.5) is 5.69 Å². The third kappa shape index (κ3) is 8.94. The standard InChI is InChI=1S/C17H26N2O.C10H11Cl/c1-13(20-17(3,4)5)12-19(7)16-10-8-9-15(11-16)14(2)18-6;1-4-9-8(3)5-7(2)6-10(9)11/h8-11,18H,1-2,12H2,3-7H3;4-6H,1H2,2-3H3. The van der Waals surface area contributed by atoms with Crippen molar-refractivity contribution in [1.29, 1.82) is 0 Å². The van der Waals surface area contributed by atoms with E-state index in [9.17, 15) is 0 Å². The van der Waals surface area contributed by atoms with Gasteiger partial charge in [0.25, 0.3) is 0 Å². The summed E-state index contributed by atoms with van der Waals surface area (Å²) in [6, 6.07) is 12.3. The van der Waals surface area contributed by atoms with Crippen LogP contribution in [-0.4, -0.2) is 26.2 Å². The summed E-state index contributed by atoms with van der Waals surface area (Å²) in [5.41, 5.74) is 6.31. The van der Waals surface area contributed by atoms with Gasteiger partial charge in [0.1, 0.15) is 11.4 Å². The Hall–Kier alpha value is -2.65. The Balaban J connectivity index is 0.000000367. The number of nitrogens with one attached hydrogen (secondary N) is 1. The minimum absolute atomic E-state index is 0.208. The molecule has 2 rings (SSSR count). The van der Waals surface area contributed by atoms with E-state index < -0.39 is 0 Å². The van der Waals surface area contributed by atoms with Crippen LogP contribution < -0.4 is 10.2 Å². The van der Waals surface area contributed by atoms with Gasteiger partial charge in [0.15, 0.2) is 0 Å². The lowest BCUT2D eigenvalue weighted by molar-refractivity contribution is 0.0518. The first kappa shape index (κ1) is 26.4. The van der Waals surface area contributed by atoms with Gasteiger partial charge >= 0.3 is 0 Å². The van der Waals surface area contributed by atoms with Gasteiger partial charge in [-0.05, 0) is 75.1 Å². The molecule has 0 aliphatic rings. The second kappa shape index (κ2) is 11.7. The van der Waals surface area contributed by atoms with Crippen LogP contribution in [0.2, 0.25) is 5.02 Å². The Bertz CT molecular complexity index is 902. The largest absolute Gasteiger partial charge is 0.491 e. The highest BCUT2D eigenvalue weighted by Crippen LogP contribution is 2.23. The van der Waals surface area contributed by atoms with Crippen molar-refractivity contribution in [2.24, 2.45) is 0 Å². The first-order valence-electron chi connectivity index (χ1n) is 10.3. The molecule has 0 unspecified atom stereocenters. The summed E-state index contributed by atoms with van der Waals surface area (Å²) in [4.78, 5) is 2.11. The SMILES string of the molecule is C=C(CN(C)c1cccc(C(=C)NC)c1)OC(C)(C)C.C=Cc1c(C)cc(C)cc1Cl. The van der Waals surface area contributed by atoms with Gasteiger partial charge in [-0.1, -0.05) is 55.6 Å². The van der Waals surface area contributed by atoms with E-state index in [-0.39, 0.29) is 5.60 Å².